The van der Waals surface area contributed by atoms with E-state index in [-0.39, 0.29) is 0 Å². The van der Waals surface area contributed by atoms with Crippen molar-refractivity contribution < 1.29 is 8.78 Å². The molecule has 1 rings (SSSR count). The lowest BCUT2D eigenvalue weighted by atomic mass is 10.3. The molecule has 10 heavy (non-hydrogen) atoms. The number of hydrogen-bond acceptors (Lipinski definition) is 1. The van der Waals surface area contributed by atoms with Crippen molar-refractivity contribution in [1.82, 2.24) is 5.43 Å². The van der Waals surface area contributed by atoms with Crippen molar-refractivity contribution >= 4 is 17.8 Å². The van der Waals surface area contributed by atoms with Crippen LogP contribution in [0.15, 0.2) is 16.4 Å². The zero-order chi connectivity index (χ0) is 7.78. The van der Waals surface area contributed by atoms with Gasteiger partial charge in [-0.05, 0) is 18.5 Å². The third-order valence-electron chi connectivity index (χ3n) is 1.05. The van der Waals surface area contributed by atoms with Crippen LogP contribution in [0.2, 0.25) is 0 Å². The Morgan fingerprint density at radius 1 is 1.60 bits per heavy atom. The van der Waals surface area contributed by atoms with Gasteiger partial charge in [0.2, 0.25) is 0 Å². The van der Waals surface area contributed by atoms with Crippen molar-refractivity contribution in [3.05, 3.63) is 11.3 Å². The molecule has 0 fully saturated rings. The topological polar surface area (TPSA) is 26.5 Å². The standard InChI is InChI=1S/C5H4ClF2N2/c1-3-2-9-10-4(3)5(6,7)8/h2H,1H3. The van der Waals surface area contributed by atoms with Gasteiger partial charge in [-0.1, -0.05) is 0 Å². The van der Waals surface area contributed by atoms with Crippen molar-refractivity contribution in [2.24, 2.45) is 5.10 Å². The Kier molecular flexibility index (Phi) is 1.64. The lowest BCUT2D eigenvalue weighted by Gasteiger charge is -2.06. The van der Waals surface area contributed by atoms with Crippen molar-refractivity contribution in [1.29, 1.82) is 0 Å². The summed E-state index contributed by atoms with van der Waals surface area (Å²) in [6.07, 6.45) is 1.24. The Balaban J connectivity index is 2.86. The second-order valence-electron chi connectivity index (χ2n) is 1.87. The number of hydrogen-bond donors (Lipinski definition) is 0. The van der Waals surface area contributed by atoms with Crippen LogP contribution in [-0.2, 0) is 0 Å². The van der Waals surface area contributed by atoms with Crippen LogP contribution in [0.4, 0.5) is 8.78 Å². The minimum absolute atomic E-state index is 0.306. The van der Waals surface area contributed by atoms with E-state index in [9.17, 15) is 8.78 Å². The first-order valence-corrected chi connectivity index (χ1v) is 2.92. The first-order valence-electron chi connectivity index (χ1n) is 2.54. The number of nitrogens with zero attached hydrogens (tertiary/aromatic N) is 2. The molecule has 0 spiro atoms. The maximum atomic E-state index is 12.2. The van der Waals surface area contributed by atoms with Gasteiger partial charge in [0.05, 0.1) is 6.21 Å². The Morgan fingerprint density at radius 3 is 2.40 bits per heavy atom. The van der Waals surface area contributed by atoms with E-state index in [0.29, 0.717) is 5.57 Å². The molecular formula is C5H4ClF2N2. The summed E-state index contributed by atoms with van der Waals surface area (Å²) < 4.78 is 24.4. The van der Waals surface area contributed by atoms with E-state index < -0.39 is 11.1 Å². The van der Waals surface area contributed by atoms with E-state index in [0.717, 1.165) is 0 Å². The minimum Gasteiger partial charge on any atom is -0.181 e. The molecule has 0 atom stereocenters. The van der Waals surface area contributed by atoms with Crippen molar-refractivity contribution in [3.8, 4) is 0 Å². The molecule has 1 aliphatic heterocycles. The third-order valence-corrected chi connectivity index (χ3v) is 1.23. The molecule has 0 aliphatic carbocycles. The maximum Gasteiger partial charge on any atom is 0.366 e. The van der Waals surface area contributed by atoms with Crippen LogP contribution in [0.25, 0.3) is 0 Å². The number of halogens is 3. The van der Waals surface area contributed by atoms with E-state index >= 15 is 0 Å². The molecule has 0 saturated carbocycles. The number of allylic oxidation sites excluding steroid dienone is 2. The Morgan fingerprint density at radius 2 is 2.20 bits per heavy atom. The highest BCUT2D eigenvalue weighted by atomic mass is 35.5. The SMILES string of the molecule is CC1=C(C(F)(F)Cl)[N]N=C1. The van der Waals surface area contributed by atoms with Gasteiger partial charge in [0.15, 0.2) is 5.70 Å². The summed E-state index contributed by atoms with van der Waals surface area (Å²) in [6.45, 7) is 1.48. The van der Waals surface area contributed by atoms with Gasteiger partial charge in [-0.15, -0.1) is 5.43 Å². The van der Waals surface area contributed by atoms with E-state index in [1.165, 1.54) is 13.1 Å². The lowest BCUT2D eigenvalue weighted by molar-refractivity contribution is 0.129. The van der Waals surface area contributed by atoms with E-state index in [4.69, 9.17) is 0 Å². The molecule has 1 heterocycles. The molecule has 0 unspecified atom stereocenters. The van der Waals surface area contributed by atoms with Crippen LogP contribution in [0.3, 0.4) is 0 Å². The maximum absolute atomic E-state index is 12.2. The Hall–Kier alpha value is -0.640. The molecule has 55 valence electrons. The molecule has 2 nitrogen and oxygen atoms in total. The van der Waals surface area contributed by atoms with Crippen LogP contribution < -0.4 is 5.43 Å². The second kappa shape index (κ2) is 2.20. The molecule has 0 bridgehead atoms. The van der Waals surface area contributed by atoms with Gasteiger partial charge in [0.25, 0.3) is 0 Å². The van der Waals surface area contributed by atoms with Crippen LogP contribution in [0.1, 0.15) is 6.92 Å². The zero-order valence-corrected chi connectivity index (χ0v) is 5.86. The highest BCUT2D eigenvalue weighted by Gasteiger charge is 2.35. The molecular weight excluding hydrogens is 162 g/mol. The molecule has 0 aromatic rings. The minimum atomic E-state index is -3.39. The summed E-state index contributed by atoms with van der Waals surface area (Å²) in [6, 6.07) is 0. The van der Waals surface area contributed by atoms with Crippen LogP contribution in [0.5, 0.6) is 0 Å². The van der Waals surface area contributed by atoms with Gasteiger partial charge in [-0.2, -0.15) is 13.9 Å². The first kappa shape index (κ1) is 7.47. The average Bonchev–Trinajstić information content (AvgIpc) is 2.11. The van der Waals surface area contributed by atoms with Gasteiger partial charge < -0.3 is 0 Å². The molecule has 0 aromatic carbocycles. The fourth-order valence-electron chi connectivity index (χ4n) is 0.593. The monoisotopic (exact) mass is 165 g/mol. The average molecular weight is 166 g/mol. The summed E-state index contributed by atoms with van der Waals surface area (Å²) in [5, 5.41) is -0.115. The van der Waals surface area contributed by atoms with E-state index in [2.05, 4.69) is 22.1 Å². The molecule has 0 amide bonds. The fourth-order valence-corrected chi connectivity index (χ4v) is 0.780. The summed E-state index contributed by atoms with van der Waals surface area (Å²) in [5.74, 6) is 0. The normalized spacial score (nSPS) is 18.0. The summed E-state index contributed by atoms with van der Waals surface area (Å²) in [5.41, 5.74) is 3.00. The van der Waals surface area contributed by atoms with E-state index in [1.54, 1.807) is 0 Å². The lowest BCUT2D eigenvalue weighted by Crippen LogP contribution is -2.15. The predicted molar refractivity (Wildman–Crippen MR) is 34.1 cm³/mol. The van der Waals surface area contributed by atoms with Gasteiger partial charge in [-0.25, -0.2) is 0 Å². The van der Waals surface area contributed by atoms with Crippen LogP contribution >= 0.6 is 11.6 Å². The van der Waals surface area contributed by atoms with Gasteiger partial charge >= 0.3 is 5.38 Å². The molecule has 0 aromatic heterocycles. The van der Waals surface area contributed by atoms with Crippen molar-refractivity contribution in [2.45, 2.75) is 12.3 Å². The fraction of sp³-hybridized carbons (Fsp3) is 0.400. The molecule has 0 N–H and O–H groups in total. The van der Waals surface area contributed by atoms with Gasteiger partial charge in [0.1, 0.15) is 0 Å². The molecule has 0 saturated heterocycles. The highest BCUT2D eigenvalue weighted by molar-refractivity contribution is 6.23. The molecule has 5 heteroatoms. The Bertz CT molecular complexity index is 204. The largest absolute Gasteiger partial charge is 0.366 e. The number of rotatable bonds is 1. The smallest absolute Gasteiger partial charge is 0.181 e. The molecule has 1 radical (unpaired) electrons. The quantitative estimate of drug-likeness (QED) is 0.529. The van der Waals surface area contributed by atoms with E-state index in [1.807, 2.05) is 0 Å². The highest BCUT2D eigenvalue weighted by Crippen LogP contribution is 2.30. The molecule has 1 aliphatic rings. The van der Waals surface area contributed by atoms with Crippen molar-refractivity contribution in [2.75, 3.05) is 0 Å². The van der Waals surface area contributed by atoms with Gasteiger partial charge in [-0.3, -0.25) is 0 Å². The van der Waals surface area contributed by atoms with Crippen LogP contribution in [0, 0.1) is 0 Å². The van der Waals surface area contributed by atoms with Crippen LogP contribution in [-0.4, -0.2) is 11.6 Å². The summed E-state index contributed by atoms with van der Waals surface area (Å²) in [4.78, 5) is 0. The van der Waals surface area contributed by atoms with Gasteiger partial charge in [0, 0.05) is 5.57 Å². The second-order valence-corrected chi connectivity index (χ2v) is 2.35. The number of alkyl halides is 3. The first-order chi connectivity index (χ1) is 4.52. The third kappa shape index (κ3) is 1.26. The van der Waals surface area contributed by atoms with Crippen molar-refractivity contribution in [3.63, 3.8) is 0 Å². The zero-order valence-electron chi connectivity index (χ0n) is 5.11. The predicted octanol–water partition coefficient (Wildman–Crippen LogP) is 1.70. The summed E-state index contributed by atoms with van der Waals surface area (Å²) >= 11 is 4.67. The summed E-state index contributed by atoms with van der Waals surface area (Å²) in [7, 11) is 0. The Labute approximate surface area is 61.6 Å².